The van der Waals surface area contributed by atoms with Gasteiger partial charge in [0.15, 0.2) is 0 Å². The molecule has 0 aromatic heterocycles. The number of nitrogens with zero attached hydrogens (tertiary/aromatic N) is 1. The van der Waals surface area contributed by atoms with Gasteiger partial charge in [0.2, 0.25) is 5.91 Å². The summed E-state index contributed by atoms with van der Waals surface area (Å²) in [4.78, 5) is 23.7. The van der Waals surface area contributed by atoms with Crippen molar-refractivity contribution in [3.05, 3.63) is 70.2 Å². The highest BCUT2D eigenvalue weighted by Gasteiger charge is 2.04. The third kappa shape index (κ3) is 6.71. The molecule has 0 unspecified atom stereocenters. The molecule has 2 aromatic carbocycles. The smallest absolute Gasteiger partial charge is 0.259 e. The van der Waals surface area contributed by atoms with E-state index >= 15 is 0 Å². The number of rotatable bonds is 7. The minimum atomic E-state index is -0.414. The molecule has 2 N–H and O–H groups in total. The number of carbonyl (C=O) groups is 2. The summed E-state index contributed by atoms with van der Waals surface area (Å²) in [5.74, 6) is -0.135. The third-order valence-electron chi connectivity index (χ3n) is 3.57. The van der Waals surface area contributed by atoms with Crippen molar-refractivity contribution in [1.29, 1.82) is 0 Å². The van der Waals surface area contributed by atoms with E-state index in [0.717, 1.165) is 15.6 Å². The van der Waals surface area contributed by atoms with E-state index in [1.165, 1.54) is 6.08 Å². The molecule has 7 heteroatoms. The summed E-state index contributed by atoms with van der Waals surface area (Å²) < 4.78 is 6.14. The first-order chi connectivity index (χ1) is 13.0. The predicted octanol–water partition coefficient (Wildman–Crippen LogP) is 3.13. The molecule has 0 radical (unpaired) electrons. The van der Waals surface area contributed by atoms with Crippen molar-refractivity contribution >= 4 is 39.5 Å². The summed E-state index contributed by atoms with van der Waals surface area (Å²) in [6.45, 7) is 1.61. The van der Waals surface area contributed by atoms with E-state index in [9.17, 15) is 9.59 Å². The Morgan fingerprint density at radius 1 is 1.19 bits per heavy atom. The van der Waals surface area contributed by atoms with Crippen LogP contribution in [0, 0.1) is 0 Å². The molecule has 0 saturated carbocycles. The maximum Gasteiger partial charge on any atom is 0.259 e. The second kappa shape index (κ2) is 10.3. The van der Waals surface area contributed by atoms with Crippen molar-refractivity contribution in [2.45, 2.75) is 6.92 Å². The lowest BCUT2D eigenvalue weighted by Gasteiger charge is -2.05. The van der Waals surface area contributed by atoms with Crippen molar-refractivity contribution in [2.24, 2.45) is 5.10 Å². The zero-order valence-corrected chi connectivity index (χ0v) is 16.6. The van der Waals surface area contributed by atoms with Crippen LogP contribution in [-0.4, -0.2) is 31.2 Å². The van der Waals surface area contributed by atoms with Crippen molar-refractivity contribution in [2.75, 3.05) is 13.7 Å². The summed E-state index contributed by atoms with van der Waals surface area (Å²) in [6.07, 6.45) is 2.97. The van der Waals surface area contributed by atoms with Gasteiger partial charge in [-0.15, -0.1) is 0 Å². The number of methoxy groups -OCH3 is 1. The highest BCUT2D eigenvalue weighted by molar-refractivity contribution is 9.10. The highest BCUT2D eigenvalue weighted by Crippen LogP contribution is 2.18. The van der Waals surface area contributed by atoms with Crippen LogP contribution in [0.3, 0.4) is 0 Å². The van der Waals surface area contributed by atoms with Crippen LogP contribution in [0.2, 0.25) is 0 Å². The Kier molecular flexibility index (Phi) is 7.76. The van der Waals surface area contributed by atoms with Crippen molar-refractivity contribution in [1.82, 2.24) is 10.7 Å². The van der Waals surface area contributed by atoms with E-state index < -0.39 is 5.91 Å². The van der Waals surface area contributed by atoms with E-state index in [2.05, 4.69) is 31.8 Å². The van der Waals surface area contributed by atoms with Gasteiger partial charge in [0, 0.05) is 16.1 Å². The first-order valence-electron chi connectivity index (χ1n) is 8.17. The molecule has 0 atom stereocenters. The molecule has 0 bridgehead atoms. The van der Waals surface area contributed by atoms with E-state index in [1.807, 2.05) is 42.5 Å². The van der Waals surface area contributed by atoms with Crippen LogP contribution in [0.15, 0.2) is 64.2 Å². The fraction of sp³-hybridized carbons (Fsp3) is 0.150. The van der Waals surface area contributed by atoms with Gasteiger partial charge in [0.25, 0.3) is 5.91 Å². The molecule has 140 valence electrons. The lowest BCUT2D eigenvalue weighted by Crippen LogP contribution is -2.34. The van der Waals surface area contributed by atoms with Crippen LogP contribution in [0.25, 0.3) is 6.08 Å². The molecule has 0 saturated heterocycles. The zero-order chi connectivity index (χ0) is 19.6. The van der Waals surface area contributed by atoms with Crippen molar-refractivity contribution in [3.63, 3.8) is 0 Å². The molecule has 0 aliphatic carbocycles. The van der Waals surface area contributed by atoms with E-state index in [-0.39, 0.29) is 12.5 Å². The van der Waals surface area contributed by atoms with Crippen molar-refractivity contribution < 1.29 is 14.3 Å². The number of carbonyl (C=O) groups excluding carboxylic acids is 2. The first kappa shape index (κ1) is 20.4. The van der Waals surface area contributed by atoms with Gasteiger partial charge < -0.3 is 10.1 Å². The average Bonchev–Trinajstić information content (AvgIpc) is 2.69. The molecule has 6 nitrogen and oxygen atoms in total. The largest absolute Gasteiger partial charge is 0.496 e. The zero-order valence-electron chi connectivity index (χ0n) is 15.0. The van der Waals surface area contributed by atoms with Gasteiger partial charge in [-0.1, -0.05) is 46.3 Å². The molecule has 0 aliphatic heterocycles. The highest BCUT2D eigenvalue weighted by atomic mass is 79.9. The standard InChI is InChI=1S/C20H20BrN3O3/c1-14(16-7-5-8-17(21)12-16)23-24-20(26)13-22-19(25)11-10-15-6-3-4-9-18(15)27-2/h3-12H,13H2,1-2H3,(H,22,25)(H,24,26)/b11-10+,23-14-. The molecule has 2 rings (SSSR count). The maximum absolute atomic E-state index is 11.9. The van der Waals surface area contributed by atoms with Gasteiger partial charge in [0.1, 0.15) is 5.75 Å². The normalized spacial score (nSPS) is 11.3. The molecule has 2 amide bonds. The monoisotopic (exact) mass is 429 g/mol. The second-order valence-corrected chi connectivity index (χ2v) is 6.45. The molecule has 0 spiro atoms. The predicted molar refractivity (Wildman–Crippen MR) is 110 cm³/mol. The second-order valence-electron chi connectivity index (χ2n) is 5.54. The molecule has 0 heterocycles. The Labute approximate surface area is 166 Å². The van der Waals surface area contributed by atoms with Gasteiger partial charge in [0.05, 0.1) is 19.4 Å². The number of ether oxygens (including phenoxy) is 1. The van der Waals surface area contributed by atoms with E-state index in [0.29, 0.717) is 11.5 Å². The molecule has 0 aliphatic rings. The number of nitrogens with one attached hydrogen (secondary N) is 2. The number of hydrazone groups is 1. The van der Waals surface area contributed by atoms with Gasteiger partial charge in [-0.25, -0.2) is 5.43 Å². The lowest BCUT2D eigenvalue weighted by molar-refractivity contribution is -0.123. The maximum atomic E-state index is 11.9. The van der Waals surface area contributed by atoms with Gasteiger partial charge in [-0.3, -0.25) is 9.59 Å². The fourth-order valence-corrected chi connectivity index (χ4v) is 2.56. The summed E-state index contributed by atoms with van der Waals surface area (Å²) in [6, 6.07) is 14.9. The number of benzene rings is 2. The third-order valence-corrected chi connectivity index (χ3v) is 4.06. The fourth-order valence-electron chi connectivity index (χ4n) is 2.16. The summed E-state index contributed by atoms with van der Waals surface area (Å²) in [5.41, 5.74) is 4.74. The molecule has 0 fully saturated rings. The Hall–Kier alpha value is -2.93. The molecular weight excluding hydrogens is 410 g/mol. The molecule has 27 heavy (non-hydrogen) atoms. The Bertz CT molecular complexity index is 878. The minimum absolute atomic E-state index is 0.176. The average molecular weight is 430 g/mol. The topological polar surface area (TPSA) is 79.8 Å². The minimum Gasteiger partial charge on any atom is -0.496 e. The van der Waals surface area contributed by atoms with Gasteiger partial charge in [-0.2, -0.15) is 5.10 Å². The Morgan fingerprint density at radius 2 is 1.96 bits per heavy atom. The van der Waals surface area contributed by atoms with Crippen molar-refractivity contribution in [3.8, 4) is 5.75 Å². The summed E-state index contributed by atoms with van der Waals surface area (Å²) in [7, 11) is 1.56. The van der Waals surface area contributed by atoms with E-state index in [4.69, 9.17) is 4.74 Å². The van der Waals surface area contributed by atoms with Crippen LogP contribution < -0.4 is 15.5 Å². The number of halogens is 1. The number of para-hydroxylation sites is 1. The summed E-state index contributed by atoms with van der Waals surface area (Å²) >= 11 is 3.39. The van der Waals surface area contributed by atoms with Gasteiger partial charge in [-0.05, 0) is 36.8 Å². The quantitative estimate of drug-likeness (QED) is 0.403. The van der Waals surface area contributed by atoms with Crippen LogP contribution in [0.4, 0.5) is 0 Å². The van der Waals surface area contributed by atoms with Crippen LogP contribution >= 0.6 is 15.9 Å². The summed E-state index contributed by atoms with van der Waals surface area (Å²) in [5, 5.41) is 6.55. The van der Waals surface area contributed by atoms with E-state index in [1.54, 1.807) is 26.2 Å². The molecule has 2 aromatic rings. The molecular formula is C20H20BrN3O3. The van der Waals surface area contributed by atoms with Crippen LogP contribution in [0.5, 0.6) is 5.75 Å². The number of hydrogen-bond acceptors (Lipinski definition) is 4. The Morgan fingerprint density at radius 3 is 2.70 bits per heavy atom. The van der Waals surface area contributed by atoms with Crippen LogP contribution in [-0.2, 0) is 9.59 Å². The lowest BCUT2D eigenvalue weighted by atomic mass is 10.1. The number of hydrogen-bond donors (Lipinski definition) is 2. The SMILES string of the molecule is COc1ccccc1/C=C/C(=O)NCC(=O)N/N=C(/C)c1cccc(Br)c1. The Balaban J connectivity index is 1.83. The first-order valence-corrected chi connectivity index (χ1v) is 8.97. The van der Waals surface area contributed by atoms with Crippen LogP contribution in [0.1, 0.15) is 18.1 Å². The van der Waals surface area contributed by atoms with Gasteiger partial charge >= 0.3 is 0 Å². The number of amides is 2.